The standard InChI is InChI=1S/C19H25FN2O3/c20-16-4-2-1-3-15(16)19(5-6-19)17(23)22-8-7-18(24,14-22)13-21-9-11-25-12-10-21/h1-4,24H,5-14H2. The highest BCUT2D eigenvalue weighted by Crippen LogP contribution is 2.51. The first kappa shape index (κ1) is 16.9. The minimum absolute atomic E-state index is 0.0319. The minimum Gasteiger partial charge on any atom is -0.387 e. The van der Waals surface area contributed by atoms with Crippen LogP contribution < -0.4 is 0 Å². The van der Waals surface area contributed by atoms with Gasteiger partial charge in [0.05, 0.1) is 30.8 Å². The maximum Gasteiger partial charge on any atom is 0.233 e. The zero-order valence-corrected chi connectivity index (χ0v) is 14.4. The number of aliphatic hydroxyl groups is 1. The summed E-state index contributed by atoms with van der Waals surface area (Å²) in [4.78, 5) is 17.0. The SMILES string of the molecule is O=C(N1CCC(O)(CN2CCOCC2)C1)C1(c2ccccc2F)CC1. The van der Waals surface area contributed by atoms with E-state index in [1.807, 2.05) is 0 Å². The van der Waals surface area contributed by atoms with Crippen LogP contribution in [0.5, 0.6) is 0 Å². The fraction of sp³-hybridized carbons (Fsp3) is 0.632. The van der Waals surface area contributed by atoms with Crippen molar-refractivity contribution in [2.24, 2.45) is 0 Å². The van der Waals surface area contributed by atoms with E-state index in [0.717, 1.165) is 13.1 Å². The third kappa shape index (κ3) is 3.18. The topological polar surface area (TPSA) is 53.0 Å². The van der Waals surface area contributed by atoms with Gasteiger partial charge in [-0.2, -0.15) is 0 Å². The van der Waals surface area contributed by atoms with Crippen molar-refractivity contribution in [3.8, 4) is 0 Å². The first-order valence-electron chi connectivity index (χ1n) is 9.09. The molecule has 1 atom stereocenters. The molecular weight excluding hydrogens is 323 g/mol. The molecular formula is C19H25FN2O3. The van der Waals surface area contributed by atoms with Gasteiger partial charge in [0.1, 0.15) is 5.82 Å². The number of carbonyl (C=O) groups excluding carboxylic acids is 1. The Hall–Kier alpha value is -1.50. The Morgan fingerprint density at radius 2 is 1.88 bits per heavy atom. The van der Waals surface area contributed by atoms with E-state index < -0.39 is 11.0 Å². The molecule has 136 valence electrons. The van der Waals surface area contributed by atoms with Gasteiger partial charge < -0.3 is 14.7 Å². The summed E-state index contributed by atoms with van der Waals surface area (Å²) in [5, 5.41) is 10.9. The van der Waals surface area contributed by atoms with E-state index >= 15 is 0 Å². The summed E-state index contributed by atoms with van der Waals surface area (Å²) in [6.45, 7) is 4.44. The fourth-order valence-corrected chi connectivity index (χ4v) is 4.21. The van der Waals surface area contributed by atoms with Gasteiger partial charge in [0.2, 0.25) is 5.91 Å². The Morgan fingerprint density at radius 1 is 1.16 bits per heavy atom. The number of hydrogen-bond acceptors (Lipinski definition) is 4. The van der Waals surface area contributed by atoms with Crippen molar-refractivity contribution in [2.45, 2.75) is 30.3 Å². The molecule has 4 rings (SSSR count). The Kier molecular flexibility index (Phi) is 4.30. The molecule has 0 aromatic heterocycles. The largest absolute Gasteiger partial charge is 0.387 e. The number of likely N-dealkylation sites (tertiary alicyclic amines) is 1. The molecule has 25 heavy (non-hydrogen) atoms. The van der Waals surface area contributed by atoms with Crippen molar-refractivity contribution in [2.75, 3.05) is 45.9 Å². The van der Waals surface area contributed by atoms with Gasteiger partial charge in [0.15, 0.2) is 0 Å². The van der Waals surface area contributed by atoms with Crippen LogP contribution in [0.15, 0.2) is 24.3 Å². The van der Waals surface area contributed by atoms with Crippen molar-refractivity contribution < 1.29 is 19.0 Å². The summed E-state index contributed by atoms with van der Waals surface area (Å²) >= 11 is 0. The van der Waals surface area contributed by atoms with Gasteiger partial charge in [0, 0.05) is 31.7 Å². The molecule has 1 aliphatic carbocycles. The van der Waals surface area contributed by atoms with E-state index in [1.165, 1.54) is 6.07 Å². The second-order valence-electron chi connectivity index (χ2n) is 7.65. The van der Waals surface area contributed by atoms with Crippen molar-refractivity contribution in [1.29, 1.82) is 0 Å². The van der Waals surface area contributed by atoms with E-state index in [1.54, 1.807) is 23.1 Å². The number of amides is 1. The zero-order valence-electron chi connectivity index (χ0n) is 14.4. The third-order valence-electron chi connectivity index (χ3n) is 5.79. The van der Waals surface area contributed by atoms with E-state index in [9.17, 15) is 14.3 Å². The number of nitrogens with zero attached hydrogens (tertiary/aromatic N) is 2. The van der Waals surface area contributed by atoms with Crippen LogP contribution in [0.2, 0.25) is 0 Å². The maximum atomic E-state index is 14.2. The van der Waals surface area contributed by atoms with Gasteiger partial charge in [-0.3, -0.25) is 9.69 Å². The molecule has 5 nitrogen and oxygen atoms in total. The predicted molar refractivity (Wildman–Crippen MR) is 90.7 cm³/mol. The Balaban J connectivity index is 1.44. The number of ether oxygens (including phenoxy) is 1. The number of halogens is 1. The number of morpholine rings is 1. The van der Waals surface area contributed by atoms with Crippen molar-refractivity contribution in [3.05, 3.63) is 35.6 Å². The number of β-amino-alcohol motifs (C(OH)–C–C–N with tert-alkyl or cyclic N) is 1. The molecule has 2 saturated heterocycles. The monoisotopic (exact) mass is 348 g/mol. The number of hydrogen-bond donors (Lipinski definition) is 1. The van der Waals surface area contributed by atoms with E-state index in [0.29, 0.717) is 57.7 Å². The Bertz CT molecular complexity index is 658. The molecule has 3 aliphatic rings. The summed E-state index contributed by atoms with van der Waals surface area (Å²) in [7, 11) is 0. The smallest absolute Gasteiger partial charge is 0.233 e. The number of carbonyl (C=O) groups is 1. The summed E-state index contributed by atoms with van der Waals surface area (Å²) < 4.78 is 19.5. The van der Waals surface area contributed by atoms with Crippen LogP contribution in [0.4, 0.5) is 4.39 Å². The number of benzene rings is 1. The lowest BCUT2D eigenvalue weighted by Gasteiger charge is -2.34. The fourth-order valence-electron chi connectivity index (χ4n) is 4.21. The van der Waals surface area contributed by atoms with Gasteiger partial charge in [-0.1, -0.05) is 18.2 Å². The lowest BCUT2D eigenvalue weighted by atomic mass is 9.93. The van der Waals surface area contributed by atoms with E-state index in [-0.39, 0.29) is 11.7 Å². The summed E-state index contributed by atoms with van der Waals surface area (Å²) in [5.74, 6) is -0.341. The van der Waals surface area contributed by atoms with Crippen LogP contribution in [0.3, 0.4) is 0 Å². The highest BCUT2D eigenvalue weighted by molar-refractivity contribution is 5.91. The molecule has 1 saturated carbocycles. The average molecular weight is 348 g/mol. The Labute approximate surface area is 147 Å². The van der Waals surface area contributed by atoms with Crippen LogP contribution >= 0.6 is 0 Å². The summed E-state index contributed by atoms with van der Waals surface area (Å²) in [6, 6.07) is 6.57. The molecule has 1 aromatic rings. The lowest BCUT2D eigenvalue weighted by molar-refractivity contribution is -0.134. The number of rotatable bonds is 4. The van der Waals surface area contributed by atoms with E-state index in [4.69, 9.17) is 4.74 Å². The molecule has 1 amide bonds. The third-order valence-corrected chi connectivity index (χ3v) is 5.79. The molecule has 3 fully saturated rings. The molecule has 0 bridgehead atoms. The van der Waals surface area contributed by atoms with Crippen LogP contribution in [-0.4, -0.2) is 72.4 Å². The molecule has 0 spiro atoms. The van der Waals surface area contributed by atoms with Crippen LogP contribution in [0.1, 0.15) is 24.8 Å². The molecule has 1 unspecified atom stereocenters. The van der Waals surface area contributed by atoms with Gasteiger partial charge in [-0.25, -0.2) is 4.39 Å². The molecule has 2 aliphatic heterocycles. The van der Waals surface area contributed by atoms with Crippen molar-refractivity contribution in [3.63, 3.8) is 0 Å². The average Bonchev–Trinajstić information content (AvgIpc) is 3.33. The van der Waals surface area contributed by atoms with Crippen molar-refractivity contribution in [1.82, 2.24) is 9.80 Å². The summed E-state index contributed by atoms with van der Waals surface area (Å²) in [5.41, 5.74) is -1.09. The first-order chi connectivity index (χ1) is 12.0. The summed E-state index contributed by atoms with van der Waals surface area (Å²) in [6.07, 6.45) is 1.94. The van der Waals surface area contributed by atoms with Gasteiger partial charge in [0.25, 0.3) is 0 Å². The van der Waals surface area contributed by atoms with Gasteiger partial charge in [-0.05, 0) is 25.3 Å². The molecule has 0 radical (unpaired) electrons. The molecule has 6 heteroatoms. The molecule has 2 heterocycles. The highest BCUT2D eigenvalue weighted by Gasteiger charge is 2.56. The minimum atomic E-state index is -0.877. The molecule has 1 aromatic carbocycles. The van der Waals surface area contributed by atoms with Crippen LogP contribution in [-0.2, 0) is 14.9 Å². The van der Waals surface area contributed by atoms with Gasteiger partial charge >= 0.3 is 0 Å². The first-order valence-corrected chi connectivity index (χ1v) is 9.09. The van der Waals surface area contributed by atoms with E-state index in [2.05, 4.69) is 4.90 Å². The van der Waals surface area contributed by atoms with Crippen LogP contribution in [0.25, 0.3) is 0 Å². The van der Waals surface area contributed by atoms with Crippen molar-refractivity contribution >= 4 is 5.91 Å². The zero-order chi connectivity index (χ0) is 17.5. The second-order valence-corrected chi connectivity index (χ2v) is 7.65. The van der Waals surface area contributed by atoms with Gasteiger partial charge in [-0.15, -0.1) is 0 Å². The van der Waals surface area contributed by atoms with Crippen LogP contribution in [0, 0.1) is 5.82 Å². The Morgan fingerprint density at radius 3 is 2.56 bits per heavy atom. The predicted octanol–water partition coefficient (Wildman–Crippen LogP) is 1.15. The quantitative estimate of drug-likeness (QED) is 0.887. The normalized spacial score (nSPS) is 29.0. The highest BCUT2D eigenvalue weighted by atomic mass is 19.1. The maximum absolute atomic E-state index is 14.2. The molecule has 1 N–H and O–H groups in total. The lowest BCUT2D eigenvalue weighted by Crippen LogP contribution is -2.50. The second kappa shape index (κ2) is 6.34.